The van der Waals surface area contributed by atoms with Crippen molar-refractivity contribution in [3.8, 4) is 11.3 Å². The molecule has 0 spiro atoms. The third-order valence-electron chi connectivity index (χ3n) is 4.91. The molecule has 7 nitrogen and oxygen atoms in total. The minimum Gasteiger partial charge on any atom is -0.467 e. The van der Waals surface area contributed by atoms with Gasteiger partial charge in [-0.3, -0.25) is 4.90 Å². The van der Waals surface area contributed by atoms with Gasteiger partial charge in [-0.1, -0.05) is 48.5 Å². The van der Waals surface area contributed by atoms with E-state index in [2.05, 4.69) is 10.3 Å². The fraction of sp³-hybridized carbons (Fsp3) is 0.240. The van der Waals surface area contributed by atoms with Gasteiger partial charge in [0, 0.05) is 31.3 Å². The number of methoxy groups -OCH3 is 1. The maximum atomic E-state index is 12.6. The van der Waals surface area contributed by atoms with Crippen LogP contribution in [0.1, 0.15) is 12.5 Å². The van der Waals surface area contributed by atoms with Crippen molar-refractivity contribution in [2.75, 3.05) is 31.0 Å². The normalized spacial score (nSPS) is 11.5. The SMILES string of the molecule is CCOC(Cc1ccc(-c2cccc(N(C)C(=O)Nc3ccccc3)n2)cc1)C(=O)OC. The Bertz CT molecular complexity index is 1040. The molecule has 0 bridgehead atoms. The summed E-state index contributed by atoms with van der Waals surface area (Å²) in [6.07, 6.45) is -0.203. The second kappa shape index (κ2) is 11.1. The van der Waals surface area contributed by atoms with E-state index in [1.807, 2.05) is 73.7 Å². The van der Waals surface area contributed by atoms with Crippen molar-refractivity contribution in [3.05, 3.63) is 78.4 Å². The molecule has 7 heteroatoms. The Balaban J connectivity index is 1.71. The minimum absolute atomic E-state index is 0.277. The standard InChI is InChI=1S/C25H27N3O4/c1-4-32-22(24(29)31-3)17-18-13-15-19(16-14-18)21-11-8-12-23(27-21)28(2)25(30)26-20-9-6-5-7-10-20/h5-16,22H,4,17H2,1-3H3,(H,26,30). The Hall–Kier alpha value is -3.71. The third kappa shape index (κ3) is 5.92. The predicted molar refractivity (Wildman–Crippen MR) is 125 cm³/mol. The van der Waals surface area contributed by atoms with E-state index in [-0.39, 0.29) is 12.0 Å². The van der Waals surface area contributed by atoms with Gasteiger partial charge in [-0.25, -0.2) is 14.6 Å². The molecule has 0 aliphatic heterocycles. The van der Waals surface area contributed by atoms with Gasteiger partial charge in [-0.2, -0.15) is 0 Å². The average molecular weight is 434 g/mol. The summed E-state index contributed by atoms with van der Waals surface area (Å²) in [6.45, 7) is 2.27. The summed E-state index contributed by atoms with van der Waals surface area (Å²) in [5.41, 5.74) is 3.31. The van der Waals surface area contributed by atoms with Crippen LogP contribution < -0.4 is 10.2 Å². The molecule has 1 unspecified atom stereocenters. The van der Waals surface area contributed by atoms with Crippen LogP contribution in [0.25, 0.3) is 11.3 Å². The number of rotatable bonds is 8. The summed E-state index contributed by atoms with van der Waals surface area (Å²) in [6, 6.07) is 22.3. The highest BCUT2D eigenvalue weighted by Gasteiger charge is 2.20. The van der Waals surface area contributed by atoms with Gasteiger partial charge in [-0.15, -0.1) is 0 Å². The number of urea groups is 1. The van der Waals surface area contributed by atoms with E-state index in [4.69, 9.17) is 9.47 Å². The largest absolute Gasteiger partial charge is 0.467 e. The number of para-hydroxylation sites is 1. The molecule has 1 heterocycles. The van der Waals surface area contributed by atoms with E-state index >= 15 is 0 Å². The summed E-state index contributed by atoms with van der Waals surface area (Å²) in [7, 11) is 3.03. The van der Waals surface area contributed by atoms with Gasteiger partial charge >= 0.3 is 12.0 Å². The molecule has 2 aromatic carbocycles. The quantitative estimate of drug-likeness (QED) is 0.528. The lowest BCUT2D eigenvalue weighted by Crippen LogP contribution is -2.31. The number of benzene rings is 2. The number of aromatic nitrogens is 1. The predicted octanol–water partition coefficient (Wildman–Crippen LogP) is 4.54. The van der Waals surface area contributed by atoms with E-state index in [1.54, 1.807) is 13.1 Å². The number of amides is 2. The first-order chi connectivity index (χ1) is 15.5. The summed E-state index contributed by atoms with van der Waals surface area (Å²) >= 11 is 0. The Morgan fingerprint density at radius 2 is 1.72 bits per heavy atom. The number of anilines is 2. The van der Waals surface area contributed by atoms with E-state index < -0.39 is 6.10 Å². The maximum Gasteiger partial charge on any atom is 0.335 e. The molecular weight excluding hydrogens is 406 g/mol. The molecule has 1 aromatic heterocycles. The number of ether oxygens (including phenoxy) is 2. The van der Waals surface area contributed by atoms with Crippen LogP contribution in [0.2, 0.25) is 0 Å². The van der Waals surface area contributed by atoms with Crippen molar-refractivity contribution in [1.29, 1.82) is 0 Å². The number of carbonyl (C=O) groups is 2. The van der Waals surface area contributed by atoms with Crippen molar-refractivity contribution in [1.82, 2.24) is 4.98 Å². The number of nitrogens with zero attached hydrogens (tertiary/aromatic N) is 2. The van der Waals surface area contributed by atoms with Crippen LogP contribution in [0.15, 0.2) is 72.8 Å². The molecule has 0 saturated carbocycles. The Labute approximate surface area is 188 Å². The van der Waals surface area contributed by atoms with Crippen molar-refractivity contribution in [3.63, 3.8) is 0 Å². The molecule has 0 fully saturated rings. The highest BCUT2D eigenvalue weighted by molar-refractivity contribution is 6.00. The molecule has 1 atom stereocenters. The second-order valence-corrected chi connectivity index (χ2v) is 7.10. The minimum atomic E-state index is -0.630. The summed E-state index contributed by atoms with van der Waals surface area (Å²) < 4.78 is 10.3. The highest BCUT2D eigenvalue weighted by Crippen LogP contribution is 2.22. The van der Waals surface area contributed by atoms with Crippen LogP contribution >= 0.6 is 0 Å². The number of hydrogen-bond acceptors (Lipinski definition) is 5. The van der Waals surface area contributed by atoms with Crippen LogP contribution in [0.3, 0.4) is 0 Å². The molecule has 0 aliphatic rings. The van der Waals surface area contributed by atoms with E-state index in [0.29, 0.717) is 24.5 Å². The smallest absolute Gasteiger partial charge is 0.335 e. The molecule has 3 rings (SSSR count). The summed E-state index contributed by atoms with van der Waals surface area (Å²) in [5, 5.41) is 2.85. The first-order valence-electron chi connectivity index (χ1n) is 10.4. The highest BCUT2D eigenvalue weighted by atomic mass is 16.6. The third-order valence-corrected chi connectivity index (χ3v) is 4.91. The number of carbonyl (C=O) groups excluding carboxylic acids is 2. The molecule has 166 valence electrons. The van der Waals surface area contributed by atoms with E-state index in [1.165, 1.54) is 12.0 Å². The topological polar surface area (TPSA) is 80.8 Å². The van der Waals surface area contributed by atoms with E-state index in [9.17, 15) is 9.59 Å². The first kappa shape index (κ1) is 23.0. The monoisotopic (exact) mass is 433 g/mol. The van der Waals surface area contributed by atoms with Gasteiger partial charge in [0.05, 0.1) is 12.8 Å². The molecule has 1 N–H and O–H groups in total. The molecule has 3 aromatic rings. The molecule has 2 amide bonds. The van der Waals surface area contributed by atoms with Crippen LogP contribution in [0.5, 0.6) is 0 Å². The number of nitrogens with one attached hydrogen (secondary N) is 1. The first-order valence-corrected chi connectivity index (χ1v) is 10.4. The van der Waals surface area contributed by atoms with Gasteiger partial charge in [0.15, 0.2) is 6.10 Å². The van der Waals surface area contributed by atoms with Gasteiger partial charge in [-0.05, 0) is 36.8 Å². The zero-order valence-corrected chi connectivity index (χ0v) is 18.4. The fourth-order valence-electron chi connectivity index (χ4n) is 3.17. The average Bonchev–Trinajstić information content (AvgIpc) is 2.84. The van der Waals surface area contributed by atoms with Crippen molar-refractivity contribution < 1.29 is 19.1 Å². The molecule has 0 radical (unpaired) electrons. The van der Waals surface area contributed by atoms with E-state index in [0.717, 1.165) is 16.8 Å². The number of esters is 1. The summed E-state index contributed by atoms with van der Waals surface area (Å²) in [4.78, 5) is 30.5. The van der Waals surface area contributed by atoms with Crippen LogP contribution in [-0.4, -0.2) is 43.9 Å². The van der Waals surface area contributed by atoms with Gasteiger partial charge in [0.2, 0.25) is 0 Å². The lowest BCUT2D eigenvalue weighted by Gasteiger charge is -2.18. The number of pyridine rings is 1. The fourth-order valence-corrected chi connectivity index (χ4v) is 3.17. The second-order valence-electron chi connectivity index (χ2n) is 7.10. The van der Waals surface area contributed by atoms with Crippen molar-refractivity contribution in [2.45, 2.75) is 19.4 Å². The molecular formula is C25H27N3O4. The Kier molecular flexibility index (Phi) is 7.94. The maximum absolute atomic E-state index is 12.6. The summed E-state index contributed by atoms with van der Waals surface area (Å²) in [5.74, 6) is 0.143. The lowest BCUT2D eigenvalue weighted by atomic mass is 10.0. The molecule has 0 saturated heterocycles. The van der Waals surface area contributed by atoms with Crippen LogP contribution in [0, 0.1) is 0 Å². The zero-order chi connectivity index (χ0) is 22.9. The van der Waals surface area contributed by atoms with Gasteiger partial charge < -0.3 is 14.8 Å². The van der Waals surface area contributed by atoms with Crippen molar-refractivity contribution in [2.24, 2.45) is 0 Å². The zero-order valence-electron chi connectivity index (χ0n) is 18.4. The Morgan fingerprint density at radius 3 is 2.38 bits per heavy atom. The van der Waals surface area contributed by atoms with Crippen LogP contribution in [0.4, 0.5) is 16.3 Å². The van der Waals surface area contributed by atoms with Gasteiger partial charge in [0.1, 0.15) is 5.82 Å². The van der Waals surface area contributed by atoms with Gasteiger partial charge in [0.25, 0.3) is 0 Å². The molecule has 32 heavy (non-hydrogen) atoms. The lowest BCUT2D eigenvalue weighted by molar-refractivity contribution is -0.153. The molecule has 0 aliphatic carbocycles. The van der Waals surface area contributed by atoms with Crippen LogP contribution in [-0.2, 0) is 20.7 Å². The number of hydrogen-bond donors (Lipinski definition) is 1. The Morgan fingerprint density at radius 1 is 1.00 bits per heavy atom. The van der Waals surface area contributed by atoms with Crippen molar-refractivity contribution >= 4 is 23.5 Å².